The molecule has 0 unspecified atom stereocenters. The van der Waals surface area contributed by atoms with Crippen LogP contribution in [0.2, 0.25) is 0 Å². The topological polar surface area (TPSA) is 49.6 Å². The predicted octanol–water partition coefficient (Wildman–Crippen LogP) is 2.65. The van der Waals surface area contributed by atoms with E-state index in [2.05, 4.69) is 23.8 Å². The van der Waals surface area contributed by atoms with Gasteiger partial charge >= 0.3 is 0 Å². The third kappa shape index (κ3) is 3.98. The third-order valence-corrected chi connectivity index (χ3v) is 4.11. The van der Waals surface area contributed by atoms with Crippen molar-refractivity contribution < 1.29 is 9.31 Å². The number of nitro groups is 1. The number of hydrogen-bond acceptors (Lipinski definition) is 4. The predicted molar refractivity (Wildman–Crippen MR) is 79.7 cm³/mol. The fourth-order valence-corrected chi connectivity index (χ4v) is 2.97. The molecule has 1 aromatic rings. The minimum atomic E-state index is -0.431. The molecular formula is C15H22FN3O2. The Morgan fingerprint density at radius 2 is 2.19 bits per heavy atom. The second-order valence-electron chi connectivity index (χ2n) is 5.68. The van der Waals surface area contributed by atoms with Crippen molar-refractivity contribution in [3.05, 3.63) is 39.7 Å². The van der Waals surface area contributed by atoms with Gasteiger partial charge in [-0.25, -0.2) is 4.39 Å². The number of halogens is 1. The molecule has 5 nitrogen and oxygen atoms in total. The van der Waals surface area contributed by atoms with Crippen LogP contribution in [0, 0.1) is 15.9 Å². The molecule has 1 aromatic carbocycles. The molecule has 1 aliphatic rings. The molecule has 0 amide bonds. The van der Waals surface area contributed by atoms with Gasteiger partial charge in [0.15, 0.2) is 0 Å². The van der Waals surface area contributed by atoms with Crippen molar-refractivity contribution in [2.24, 2.45) is 0 Å². The molecule has 2 rings (SSSR count). The van der Waals surface area contributed by atoms with E-state index in [9.17, 15) is 14.5 Å². The van der Waals surface area contributed by atoms with Crippen LogP contribution in [0.5, 0.6) is 0 Å². The molecule has 1 saturated heterocycles. The lowest BCUT2D eigenvalue weighted by molar-refractivity contribution is -0.385. The molecule has 0 aromatic heterocycles. The first-order valence-electron chi connectivity index (χ1n) is 7.36. The fraction of sp³-hybridized carbons (Fsp3) is 0.600. The summed E-state index contributed by atoms with van der Waals surface area (Å²) in [6, 6.07) is 4.05. The Hall–Kier alpha value is -1.53. The Balaban J connectivity index is 2.23. The van der Waals surface area contributed by atoms with Gasteiger partial charge in [-0.2, -0.15) is 0 Å². The molecule has 0 radical (unpaired) electrons. The van der Waals surface area contributed by atoms with Crippen LogP contribution in [0.25, 0.3) is 0 Å². The Morgan fingerprint density at radius 1 is 1.43 bits per heavy atom. The number of benzene rings is 1. The van der Waals surface area contributed by atoms with Crippen LogP contribution in [0.4, 0.5) is 10.1 Å². The standard InChI is InChI=1S/C15H22FN3O2/c1-3-14-11-17(2)7-4-8-18(14)10-12-9-13(16)5-6-15(12)19(20)21/h5-6,9,14H,3-4,7-8,10-11H2,1-2H3/t14-/m0/s1. The van der Waals surface area contributed by atoms with E-state index in [1.54, 1.807) is 0 Å². The zero-order chi connectivity index (χ0) is 15.4. The minimum absolute atomic E-state index is 0.00357. The van der Waals surface area contributed by atoms with E-state index in [1.807, 2.05) is 0 Å². The SMILES string of the molecule is CC[C@H]1CN(C)CCCN1Cc1cc(F)ccc1[N+](=O)[O-]. The van der Waals surface area contributed by atoms with Crippen molar-refractivity contribution >= 4 is 5.69 Å². The van der Waals surface area contributed by atoms with Crippen molar-refractivity contribution in [2.75, 3.05) is 26.7 Å². The zero-order valence-corrected chi connectivity index (χ0v) is 12.6. The highest BCUT2D eigenvalue weighted by atomic mass is 19.1. The third-order valence-electron chi connectivity index (χ3n) is 4.11. The summed E-state index contributed by atoms with van der Waals surface area (Å²) in [5, 5.41) is 11.1. The fourth-order valence-electron chi connectivity index (χ4n) is 2.97. The van der Waals surface area contributed by atoms with E-state index in [-0.39, 0.29) is 5.69 Å². The maximum absolute atomic E-state index is 13.4. The van der Waals surface area contributed by atoms with Gasteiger partial charge in [-0.3, -0.25) is 15.0 Å². The lowest BCUT2D eigenvalue weighted by Crippen LogP contribution is -2.39. The number of hydrogen-bond donors (Lipinski definition) is 0. The average molecular weight is 295 g/mol. The number of nitro benzene ring substituents is 1. The van der Waals surface area contributed by atoms with Gasteiger partial charge in [0.25, 0.3) is 5.69 Å². The summed E-state index contributed by atoms with van der Waals surface area (Å²) < 4.78 is 13.4. The summed E-state index contributed by atoms with van der Waals surface area (Å²) in [6.07, 6.45) is 2.00. The van der Waals surface area contributed by atoms with E-state index in [1.165, 1.54) is 12.1 Å². The summed E-state index contributed by atoms with van der Waals surface area (Å²) in [4.78, 5) is 15.2. The van der Waals surface area contributed by atoms with Gasteiger partial charge in [0, 0.05) is 37.3 Å². The molecule has 0 saturated carbocycles. The highest BCUT2D eigenvalue weighted by Gasteiger charge is 2.25. The van der Waals surface area contributed by atoms with Crippen LogP contribution >= 0.6 is 0 Å². The maximum Gasteiger partial charge on any atom is 0.274 e. The molecular weight excluding hydrogens is 273 g/mol. The second kappa shape index (κ2) is 6.95. The first-order chi connectivity index (χ1) is 10.0. The van der Waals surface area contributed by atoms with Crippen LogP contribution in [0.1, 0.15) is 25.3 Å². The Labute approximate surface area is 124 Å². The highest BCUT2D eigenvalue weighted by Crippen LogP contribution is 2.23. The zero-order valence-electron chi connectivity index (χ0n) is 12.6. The summed E-state index contributed by atoms with van der Waals surface area (Å²) in [6.45, 7) is 5.41. The number of nitrogens with zero attached hydrogens (tertiary/aromatic N) is 3. The van der Waals surface area contributed by atoms with Crippen LogP contribution in [0.3, 0.4) is 0 Å². The van der Waals surface area contributed by atoms with Gasteiger partial charge in [0.05, 0.1) is 4.92 Å². The Morgan fingerprint density at radius 3 is 2.86 bits per heavy atom. The van der Waals surface area contributed by atoms with Crippen LogP contribution in [-0.2, 0) is 6.54 Å². The van der Waals surface area contributed by atoms with Gasteiger partial charge in [-0.05, 0) is 38.6 Å². The largest absolute Gasteiger partial charge is 0.305 e. The first kappa shape index (κ1) is 15.9. The van der Waals surface area contributed by atoms with Gasteiger partial charge in [-0.15, -0.1) is 0 Å². The van der Waals surface area contributed by atoms with E-state index < -0.39 is 10.7 Å². The average Bonchev–Trinajstić information content (AvgIpc) is 2.60. The normalized spacial score (nSPS) is 21.2. The highest BCUT2D eigenvalue weighted by molar-refractivity contribution is 5.40. The molecule has 1 aliphatic heterocycles. The van der Waals surface area contributed by atoms with Crippen LogP contribution < -0.4 is 0 Å². The number of likely N-dealkylation sites (N-methyl/N-ethyl adjacent to an activating group) is 1. The molecule has 6 heteroatoms. The summed E-state index contributed by atoms with van der Waals surface area (Å²) in [5.74, 6) is -0.421. The van der Waals surface area contributed by atoms with E-state index in [0.29, 0.717) is 18.2 Å². The van der Waals surface area contributed by atoms with Gasteiger partial charge < -0.3 is 4.90 Å². The summed E-state index contributed by atoms with van der Waals surface area (Å²) in [7, 11) is 2.09. The van der Waals surface area contributed by atoms with Crippen LogP contribution in [-0.4, -0.2) is 47.4 Å². The van der Waals surface area contributed by atoms with Crippen molar-refractivity contribution in [2.45, 2.75) is 32.4 Å². The molecule has 21 heavy (non-hydrogen) atoms. The molecule has 1 atom stereocenters. The van der Waals surface area contributed by atoms with Crippen molar-refractivity contribution in [3.63, 3.8) is 0 Å². The monoisotopic (exact) mass is 295 g/mol. The molecule has 0 aliphatic carbocycles. The van der Waals surface area contributed by atoms with Crippen molar-refractivity contribution in [1.29, 1.82) is 0 Å². The molecule has 0 spiro atoms. The summed E-state index contributed by atoms with van der Waals surface area (Å²) >= 11 is 0. The van der Waals surface area contributed by atoms with Crippen molar-refractivity contribution in [1.82, 2.24) is 9.80 Å². The first-order valence-corrected chi connectivity index (χ1v) is 7.36. The molecule has 116 valence electrons. The van der Waals surface area contributed by atoms with Gasteiger partial charge in [0.1, 0.15) is 5.82 Å². The number of rotatable bonds is 4. The van der Waals surface area contributed by atoms with Crippen molar-refractivity contribution in [3.8, 4) is 0 Å². The van der Waals surface area contributed by atoms with Gasteiger partial charge in [-0.1, -0.05) is 6.92 Å². The van der Waals surface area contributed by atoms with Gasteiger partial charge in [0.2, 0.25) is 0 Å². The van der Waals surface area contributed by atoms with E-state index >= 15 is 0 Å². The van der Waals surface area contributed by atoms with E-state index in [0.717, 1.165) is 38.5 Å². The summed E-state index contributed by atoms with van der Waals surface area (Å²) in [5.41, 5.74) is 0.465. The maximum atomic E-state index is 13.4. The molecule has 0 bridgehead atoms. The van der Waals surface area contributed by atoms with Crippen LogP contribution in [0.15, 0.2) is 18.2 Å². The second-order valence-corrected chi connectivity index (χ2v) is 5.68. The minimum Gasteiger partial charge on any atom is -0.305 e. The molecule has 1 fully saturated rings. The molecule has 1 heterocycles. The van der Waals surface area contributed by atoms with E-state index in [4.69, 9.17) is 0 Å². The Kier molecular flexibility index (Phi) is 5.25. The smallest absolute Gasteiger partial charge is 0.274 e. The lowest BCUT2D eigenvalue weighted by Gasteiger charge is -2.30. The Bertz CT molecular complexity index is 510. The molecule has 0 N–H and O–H groups in total. The quantitative estimate of drug-likeness (QED) is 0.633. The lowest BCUT2D eigenvalue weighted by atomic mass is 10.1.